The number of nitrogens with zero attached hydrogens (tertiary/aromatic N) is 4. The zero-order chi connectivity index (χ0) is 12.3. The van der Waals surface area contributed by atoms with Crippen molar-refractivity contribution in [1.82, 2.24) is 19.7 Å². The van der Waals surface area contributed by atoms with Gasteiger partial charge in [-0.25, -0.2) is 5.10 Å². The lowest BCUT2D eigenvalue weighted by atomic mass is 10.3. The van der Waals surface area contributed by atoms with Gasteiger partial charge in [-0.3, -0.25) is 9.55 Å². The number of nitrogens with one attached hydrogen (secondary N) is 1. The van der Waals surface area contributed by atoms with Crippen LogP contribution in [0.2, 0.25) is 0 Å². The van der Waals surface area contributed by atoms with Crippen molar-refractivity contribution < 1.29 is 0 Å². The van der Waals surface area contributed by atoms with Crippen LogP contribution >= 0.6 is 12.2 Å². The maximum Gasteiger partial charge on any atom is 0.225 e. The Hall–Kier alpha value is -1.69. The molecule has 0 aliphatic heterocycles. The third-order valence-corrected chi connectivity index (χ3v) is 2.85. The average Bonchev–Trinajstić information content (AvgIpc) is 2.71. The Bertz CT molecular complexity index is 530. The molecule has 0 saturated heterocycles. The molecule has 0 saturated carbocycles. The Labute approximate surface area is 105 Å². The van der Waals surface area contributed by atoms with Gasteiger partial charge >= 0.3 is 0 Å². The molecule has 1 N–H and O–H groups in total. The van der Waals surface area contributed by atoms with Crippen molar-refractivity contribution in [1.29, 1.82) is 0 Å². The van der Waals surface area contributed by atoms with Crippen LogP contribution in [0.1, 0.15) is 12.5 Å². The summed E-state index contributed by atoms with van der Waals surface area (Å²) >= 11 is 5.16. The van der Waals surface area contributed by atoms with Gasteiger partial charge in [-0.2, -0.15) is 0 Å². The maximum atomic E-state index is 5.16. The van der Waals surface area contributed by atoms with Crippen LogP contribution in [0.3, 0.4) is 0 Å². The van der Waals surface area contributed by atoms with E-state index in [1.54, 1.807) is 6.20 Å². The van der Waals surface area contributed by atoms with Crippen molar-refractivity contribution in [2.75, 3.05) is 11.9 Å². The fourth-order valence-electron chi connectivity index (χ4n) is 1.72. The second-order valence-corrected chi connectivity index (χ2v) is 4.18. The van der Waals surface area contributed by atoms with Crippen LogP contribution in [-0.2, 0) is 13.1 Å². The summed E-state index contributed by atoms with van der Waals surface area (Å²) in [6.07, 6.45) is 3.62. The first-order chi connectivity index (χ1) is 8.22. The number of hydrogen-bond acceptors (Lipinski definition) is 4. The van der Waals surface area contributed by atoms with Gasteiger partial charge in [-0.05, 0) is 30.8 Å². The number of hydrogen-bond donors (Lipinski definition) is 1. The van der Waals surface area contributed by atoms with E-state index < -0.39 is 0 Å². The number of aromatic amines is 1. The predicted octanol–water partition coefficient (Wildman–Crippen LogP) is 1.99. The molecule has 0 unspecified atom stereocenters. The molecule has 0 atom stereocenters. The molecule has 6 heteroatoms. The lowest BCUT2D eigenvalue weighted by molar-refractivity contribution is 0.716. The predicted molar refractivity (Wildman–Crippen MR) is 69.4 cm³/mol. The molecule has 2 aromatic rings. The molecule has 0 spiro atoms. The normalized spacial score (nSPS) is 10.5. The van der Waals surface area contributed by atoms with E-state index in [4.69, 9.17) is 12.2 Å². The van der Waals surface area contributed by atoms with Crippen molar-refractivity contribution in [2.24, 2.45) is 0 Å². The fourth-order valence-corrected chi connectivity index (χ4v) is 1.98. The zero-order valence-corrected chi connectivity index (χ0v) is 10.7. The van der Waals surface area contributed by atoms with Crippen molar-refractivity contribution in [3.63, 3.8) is 0 Å². The van der Waals surface area contributed by atoms with E-state index in [2.05, 4.69) is 15.2 Å². The SMILES string of the molecule is CCn1c(N(C)Cc2cccnc2)n[nH]c1=S. The smallest absolute Gasteiger partial charge is 0.225 e. The van der Waals surface area contributed by atoms with Gasteiger partial charge in [0.25, 0.3) is 0 Å². The van der Waals surface area contributed by atoms with Gasteiger partial charge in [0.05, 0.1) is 0 Å². The summed E-state index contributed by atoms with van der Waals surface area (Å²) < 4.78 is 2.62. The number of anilines is 1. The van der Waals surface area contributed by atoms with Gasteiger partial charge in [0.2, 0.25) is 5.95 Å². The molecule has 0 amide bonds. The quantitative estimate of drug-likeness (QED) is 0.842. The van der Waals surface area contributed by atoms with E-state index in [1.807, 2.05) is 41.8 Å². The van der Waals surface area contributed by atoms with Crippen LogP contribution in [0.5, 0.6) is 0 Å². The second kappa shape index (κ2) is 5.09. The lowest BCUT2D eigenvalue weighted by Crippen LogP contribution is -2.20. The van der Waals surface area contributed by atoms with Crippen molar-refractivity contribution in [3.05, 3.63) is 34.9 Å². The van der Waals surface area contributed by atoms with Gasteiger partial charge < -0.3 is 4.90 Å². The van der Waals surface area contributed by atoms with E-state index in [0.717, 1.165) is 24.6 Å². The molecule has 2 heterocycles. The van der Waals surface area contributed by atoms with Crippen LogP contribution in [0.4, 0.5) is 5.95 Å². The Morgan fingerprint density at radius 3 is 3.00 bits per heavy atom. The summed E-state index contributed by atoms with van der Waals surface area (Å²) in [6, 6.07) is 3.97. The van der Waals surface area contributed by atoms with Gasteiger partial charge in [-0.1, -0.05) is 6.07 Å². The molecule has 0 aliphatic rings. The number of rotatable bonds is 4. The van der Waals surface area contributed by atoms with Gasteiger partial charge in [0.1, 0.15) is 0 Å². The first kappa shape index (κ1) is 11.8. The lowest BCUT2D eigenvalue weighted by Gasteiger charge is -2.18. The fraction of sp³-hybridized carbons (Fsp3) is 0.364. The van der Waals surface area contributed by atoms with E-state index >= 15 is 0 Å². The zero-order valence-electron chi connectivity index (χ0n) is 9.92. The van der Waals surface area contributed by atoms with Crippen LogP contribution in [-0.4, -0.2) is 26.8 Å². The summed E-state index contributed by atoms with van der Waals surface area (Å²) in [5.74, 6) is 0.848. The highest BCUT2D eigenvalue weighted by Crippen LogP contribution is 2.12. The minimum absolute atomic E-state index is 0.653. The van der Waals surface area contributed by atoms with Gasteiger partial charge in [0, 0.05) is 32.5 Å². The molecule has 17 heavy (non-hydrogen) atoms. The third kappa shape index (κ3) is 2.52. The first-order valence-corrected chi connectivity index (χ1v) is 5.88. The highest BCUT2D eigenvalue weighted by atomic mass is 32.1. The maximum absolute atomic E-state index is 5.16. The molecule has 0 aromatic carbocycles. The Balaban J connectivity index is 2.20. The summed E-state index contributed by atoms with van der Waals surface area (Å²) in [5.41, 5.74) is 1.14. The number of H-pyrrole nitrogens is 1. The number of aromatic nitrogens is 4. The van der Waals surface area contributed by atoms with Crippen molar-refractivity contribution in [2.45, 2.75) is 20.0 Å². The molecule has 2 rings (SSSR count). The van der Waals surface area contributed by atoms with Crippen LogP contribution < -0.4 is 4.90 Å². The van der Waals surface area contributed by atoms with E-state index in [0.29, 0.717) is 4.77 Å². The average molecular weight is 249 g/mol. The van der Waals surface area contributed by atoms with E-state index in [9.17, 15) is 0 Å². The Kier molecular flexibility index (Phi) is 3.53. The molecular weight excluding hydrogens is 234 g/mol. The molecule has 2 aromatic heterocycles. The van der Waals surface area contributed by atoms with Crippen LogP contribution in [0.25, 0.3) is 0 Å². The van der Waals surface area contributed by atoms with Gasteiger partial charge in [-0.15, -0.1) is 5.10 Å². The molecular formula is C11H15N5S. The molecule has 5 nitrogen and oxygen atoms in total. The number of pyridine rings is 1. The Morgan fingerprint density at radius 1 is 1.53 bits per heavy atom. The molecule has 0 fully saturated rings. The van der Waals surface area contributed by atoms with E-state index in [-0.39, 0.29) is 0 Å². The minimum atomic E-state index is 0.653. The van der Waals surface area contributed by atoms with Crippen molar-refractivity contribution in [3.8, 4) is 0 Å². The highest BCUT2D eigenvalue weighted by molar-refractivity contribution is 7.71. The Morgan fingerprint density at radius 2 is 2.35 bits per heavy atom. The molecule has 0 radical (unpaired) electrons. The summed E-state index contributed by atoms with van der Waals surface area (Å²) in [4.78, 5) is 6.15. The second-order valence-electron chi connectivity index (χ2n) is 3.79. The summed E-state index contributed by atoms with van der Waals surface area (Å²) in [5, 5.41) is 7.05. The van der Waals surface area contributed by atoms with E-state index in [1.165, 1.54) is 0 Å². The summed E-state index contributed by atoms with van der Waals surface area (Å²) in [6.45, 7) is 3.61. The molecule has 0 bridgehead atoms. The topological polar surface area (TPSA) is 49.7 Å². The van der Waals surface area contributed by atoms with Crippen molar-refractivity contribution >= 4 is 18.2 Å². The third-order valence-electron chi connectivity index (χ3n) is 2.54. The molecule has 90 valence electrons. The highest BCUT2D eigenvalue weighted by Gasteiger charge is 2.09. The monoisotopic (exact) mass is 249 g/mol. The molecule has 0 aliphatic carbocycles. The standard InChI is InChI=1S/C11H15N5S/c1-3-16-10(13-14-11(16)17)15(2)8-9-5-4-6-12-7-9/h4-7H,3,8H2,1-2H3,(H,14,17). The van der Waals surface area contributed by atoms with Crippen LogP contribution in [0.15, 0.2) is 24.5 Å². The van der Waals surface area contributed by atoms with Gasteiger partial charge in [0.15, 0.2) is 4.77 Å². The largest absolute Gasteiger partial charge is 0.340 e. The summed E-state index contributed by atoms with van der Waals surface area (Å²) in [7, 11) is 1.99. The first-order valence-electron chi connectivity index (χ1n) is 5.47. The minimum Gasteiger partial charge on any atom is -0.340 e. The van der Waals surface area contributed by atoms with Crippen LogP contribution in [0, 0.1) is 4.77 Å².